The summed E-state index contributed by atoms with van der Waals surface area (Å²) in [5.41, 5.74) is 2.64. The van der Waals surface area contributed by atoms with Gasteiger partial charge in [-0.25, -0.2) is 4.39 Å². The van der Waals surface area contributed by atoms with Crippen LogP contribution in [0, 0.1) is 15.9 Å². The minimum Gasteiger partial charge on any atom is -0.362 e. The molecular formula is C23H20FN3O4. The Hall–Kier alpha value is -3.81. The molecule has 2 aromatic carbocycles. The smallest absolute Gasteiger partial charge is 0.269 e. The van der Waals surface area contributed by atoms with E-state index >= 15 is 0 Å². The quantitative estimate of drug-likeness (QED) is 0.565. The molecule has 8 heteroatoms. The van der Waals surface area contributed by atoms with Gasteiger partial charge in [-0.2, -0.15) is 0 Å². The van der Waals surface area contributed by atoms with Crippen molar-refractivity contribution in [1.82, 2.24) is 5.32 Å². The fourth-order valence-corrected chi connectivity index (χ4v) is 4.16. The monoisotopic (exact) mass is 421 g/mol. The van der Waals surface area contributed by atoms with Gasteiger partial charge in [0.05, 0.1) is 10.6 Å². The van der Waals surface area contributed by atoms with Gasteiger partial charge in [0.15, 0.2) is 5.78 Å². The molecule has 1 aliphatic heterocycles. The molecule has 0 saturated carbocycles. The minimum absolute atomic E-state index is 0.0324. The van der Waals surface area contributed by atoms with E-state index in [2.05, 4.69) is 10.6 Å². The van der Waals surface area contributed by atoms with Gasteiger partial charge in [0, 0.05) is 47.0 Å². The molecular weight excluding hydrogens is 401 g/mol. The fraction of sp³-hybridized carbons (Fsp3) is 0.217. The van der Waals surface area contributed by atoms with Crippen molar-refractivity contribution in [2.45, 2.75) is 32.1 Å². The van der Waals surface area contributed by atoms with Crippen LogP contribution in [-0.4, -0.2) is 16.6 Å². The van der Waals surface area contributed by atoms with Crippen LogP contribution in [0.4, 0.5) is 15.8 Å². The number of Topliss-reactive ketones (excluding diaryl/α,β-unsaturated/α-hetero) is 1. The van der Waals surface area contributed by atoms with E-state index in [9.17, 15) is 24.1 Å². The van der Waals surface area contributed by atoms with E-state index in [1.165, 1.54) is 30.3 Å². The van der Waals surface area contributed by atoms with E-state index in [4.69, 9.17) is 0 Å². The number of anilines is 1. The number of carbonyl (C=O) groups is 2. The summed E-state index contributed by atoms with van der Waals surface area (Å²) >= 11 is 0. The van der Waals surface area contributed by atoms with Crippen LogP contribution in [0.15, 0.2) is 71.1 Å². The van der Waals surface area contributed by atoms with E-state index in [0.717, 1.165) is 5.70 Å². The van der Waals surface area contributed by atoms with Gasteiger partial charge in [-0.15, -0.1) is 0 Å². The lowest BCUT2D eigenvalue weighted by atomic mass is 9.75. The molecule has 2 N–H and O–H groups in total. The van der Waals surface area contributed by atoms with Crippen molar-refractivity contribution in [2.24, 2.45) is 0 Å². The van der Waals surface area contributed by atoms with Crippen LogP contribution < -0.4 is 10.6 Å². The topological polar surface area (TPSA) is 101 Å². The first kappa shape index (κ1) is 20.5. The Bertz CT molecular complexity index is 1150. The predicted octanol–water partition coefficient (Wildman–Crippen LogP) is 4.34. The number of nitro benzene ring substituents is 1. The van der Waals surface area contributed by atoms with Crippen molar-refractivity contribution in [3.8, 4) is 0 Å². The van der Waals surface area contributed by atoms with Crippen molar-refractivity contribution < 1.29 is 18.9 Å². The van der Waals surface area contributed by atoms with Crippen molar-refractivity contribution in [3.63, 3.8) is 0 Å². The highest BCUT2D eigenvalue weighted by atomic mass is 19.1. The zero-order valence-corrected chi connectivity index (χ0v) is 16.8. The molecule has 31 heavy (non-hydrogen) atoms. The molecule has 1 unspecified atom stereocenters. The molecule has 0 saturated heterocycles. The zero-order valence-electron chi connectivity index (χ0n) is 16.8. The third-order valence-corrected chi connectivity index (χ3v) is 5.58. The Labute approximate surface area is 177 Å². The maximum Gasteiger partial charge on any atom is 0.269 e. The molecule has 1 amide bonds. The summed E-state index contributed by atoms with van der Waals surface area (Å²) in [5, 5.41) is 16.8. The highest BCUT2D eigenvalue weighted by Crippen LogP contribution is 2.42. The lowest BCUT2D eigenvalue weighted by Crippen LogP contribution is -2.35. The van der Waals surface area contributed by atoms with Gasteiger partial charge in [0.25, 0.3) is 11.6 Å². The van der Waals surface area contributed by atoms with E-state index in [1.54, 1.807) is 25.1 Å². The first-order chi connectivity index (χ1) is 14.9. The molecule has 2 aromatic rings. The van der Waals surface area contributed by atoms with E-state index in [1.807, 2.05) is 0 Å². The Morgan fingerprint density at radius 2 is 1.87 bits per heavy atom. The summed E-state index contributed by atoms with van der Waals surface area (Å²) in [6.45, 7) is 1.73. The van der Waals surface area contributed by atoms with Crippen molar-refractivity contribution in [1.29, 1.82) is 0 Å². The number of benzene rings is 2. The average molecular weight is 421 g/mol. The molecule has 2 aliphatic rings. The van der Waals surface area contributed by atoms with E-state index in [-0.39, 0.29) is 22.7 Å². The first-order valence-electron chi connectivity index (χ1n) is 9.91. The first-order valence-corrected chi connectivity index (χ1v) is 9.91. The molecule has 1 heterocycles. The molecule has 0 bridgehead atoms. The van der Waals surface area contributed by atoms with Gasteiger partial charge in [-0.3, -0.25) is 19.7 Å². The predicted molar refractivity (Wildman–Crippen MR) is 113 cm³/mol. The number of ketones is 1. The standard InChI is InChI=1S/C23H20FN3O4/c1-13-20(23(29)26-17-6-3-2-5-16(17)24)21(14-9-11-15(12-10-14)27(30)31)22-18(25-13)7-4-8-19(22)28/h2-3,5-6,9-12,21,25H,4,7-8H2,1H3,(H,26,29). The Balaban J connectivity index is 1.79. The second-order valence-corrected chi connectivity index (χ2v) is 7.55. The molecule has 0 fully saturated rings. The maximum atomic E-state index is 14.1. The minimum atomic E-state index is -0.698. The van der Waals surface area contributed by atoms with Crippen molar-refractivity contribution in [2.75, 3.05) is 5.32 Å². The summed E-state index contributed by atoms with van der Waals surface area (Å²) in [4.78, 5) is 36.7. The molecule has 0 spiro atoms. The largest absolute Gasteiger partial charge is 0.362 e. The molecule has 158 valence electrons. The number of amides is 1. The SMILES string of the molecule is CC1=C(C(=O)Nc2ccccc2F)C(c2ccc([N+](=O)[O-])cc2)C2=C(CCCC2=O)N1. The number of para-hydroxylation sites is 1. The number of nitro groups is 1. The summed E-state index contributed by atoms with van der Waals surface area (Å²) < 4.78 is 14.1. The lowest BCUT2D eigenvalue weighted by Gasteiger charge is -2.34. The number of nitrogens with zero attached hydrogens (tertiary/aromatic N) is 1. The normalized spacial score (nSPS) is 18.4. The van der Waals surface area contributed by atoms with Crippen molar-refractivity contribution >= 4 is 23.1 Å². The fourth-order valence-electron chi connectivity index (χ4n) is 4.16. The second-order valence-electron chi connectivity index (χ2n) is 7.55. The number of rotatable bonds is 4. The molecule has 1 atom stereocenters. The summed E-state index contributed by atoms with van der Waals surface area (Å²) in [6, 6.07) is 11.7. The average Bonchev–Trinajstić information content (AvgIpc) is 2.74. The van der Waals surface area contributed by atoms with Crippen LogP contribution in [0.3, 0.4) is 0 Å². The van der Waals surface area contributed by atoms with Gasteiger partial charge in [-0.05, 0) is 37.5 Å². The van der Waals surface area contributed by atoms with Crippen LogP contribution in [0.5, 0.6) is 0 Å². The number of hydrogen-bond donors (Lipinski definition) is 2. The number of non-ortho nitro benzene ring substituents is 1. The molecule has 1 aliphatic carbocycles. The molecule has 7 nitrogen and oxygen atoms in total. The Morgan fingerprint density at radius 1 is 1.16 bits per heavy atom. The summed E-state index contributed by atoms with van der Waals surface area (Å²) in [7, 11) is 0. The van der Waals surface area contributed by atoms with Gasteiger partial charge >= 0.3 is 0 Å². The number of hydrogen-bond acceptors (Lipinski definition) is 5. The van der Waals surface area contributed by atoms with E-state index in [0.29, 0.717) is 36.1 Å². The van der Waals surface area contributed by atoms with E-state index < -0.39 is 22.6 Å². The number of nitrogens with one attached hydrogen (secondary N) is 2. The third-order valence-electron chi connectivity index (χ3n) is 5.58. The Kier molecular flexibility index (Phi) is 5.37. The highest BCUT2D eigenvalue weighted by Gasteiger charge is 2.38. The van der Waals surface area contributed by atoms with Crippen LogP contribution in [0.2, 0.25) is 0 Å². The van der Waals surface area contributed by atoms with Crippen LogP contribution in [0.25, 0.3) is 0 Å². The number of halogens is 1. The van der Waals surface area contributed by atoms with Gasteiger partial charge < -0.3 is 10.6 Å². The van der Waals surface area contributed by atoms with Crippen molar-refractivity contribution in [3.05, 3.63) is 92.6 Å². The van der Waals surface area contributed by atoms with Gasteiger partial charge in [0.2, 0.25) is 0 Å². The molecule has 0 aromatic heterocycles. The number of carbonyl (C=O) groups excluding carboxylic acids is 2. The van der Waals surface area contributed by atoms with Crippen LogP contribution in [0.1, 0.15) is 37.7 Å². The summed E-state index contributed by atoms with van der Waals surface area (Å²) in [5.74, 6) is -1.88. The van der Waals surface area contributed by atoms with Crippen LogP contribution >= 0.6 is 0 Å². The molecule has 0 radical (unpaired) electrons. The maximum absolute atomic E-state index is 14.1. The van der Waals surface area contributed by atoms with Gasteiger partial charge in [-0.1, -0.05) is 24.3 Å². The molecule has 4 rings (SSSR count). The highest BCUT2D eigenvalue weighted by molar-refractivity contribution is 6.09. The van der Waals surface area contributed by atoms with Gasteiger partial charge in [0.1, 0.15) is 5.82 Å². The summed E-state index contributed by atoms with van der Waals surface area (Å²) in [6.07, 6.45) is 1.75. The van der Waals surface area contributed by atoms with Crippen LogP contribution in [-0.2, 0) is 9.59 Å². The Morgan fingerprint density at radius 3 is 2.55 bits per heavy atom. The zero-order chi connectivity index (χ0) is 22.1. The number of dihydropyridines is 1. The lowest BCUT2D eigenvalue weighted by molar-refractivity contribution is -0.384. The second kappa shape index (κ2) is 8.14. The number of allylic oxidation sites excluding steroid dienone is 3. The third kappa shape index (κ3) is 3.84.